The number of hydrogen-bond donors (Lipinski definition) is 2. The lowest BCUT2D eigenvalue weighted by atomic mass is 10.1. The monoisotopic (exact) mass is 556 g/mol. The van der Waals surface area contributed by atoms with Crippen LogP contribution in [0.5, 0.6) is 11.5 Å². The number of nitrogens with zero attached hydrogens (tertiary/aromatic N) is 2. The summed E-state index contributed by atoms with van der Waals surface area (Å²) in [5.74, 6) is 1.16. The van der Waals surface area contributed by atoms with E-state index in [4.69, 9.17) is 14.2 Å². The molecular weight excluding hydrogens is 520 g/mol. The van der Waals surface area contributed by atoms with Gasteiger partial charge in [-0.2, -0.15) is 5.26 Å². The van der Waals surface area contributed by atoms with Crippen molar-refractivity contribution in [2.75, 3.05) is 23.7 Å². The summed E-state index contributed by atoms with van der Waals surface area (Å²) < 4.78 is 17.6. The molecule has 4 rings (SSSR count). The second kappa shape index (κ2) is 13.1. The highest BCUT2D eigenvalue weighted by molar-refractivity contribution is 6.01. The van der Waals surface area contributed by atoms with Crippen molar-refractivity contribution in [1.29, 1.82) is 5.26 Å². The van der Waals surface area contributed by atoms with Crippen molar-refractivity contribution in [3.05, 3.63) is 83.4 Å². The lowest BCUT2D eigenvalue weighted by molar-refractivity contribution is 0.0126. The Morgan fingerprint density at radius 1 is 0.976 bits per heavy atom. The van der Waals surface area contributed by atoms with Gasteiger partial charge in [0.15, 0.2) is 0 Å². The molecule has 41 heavy (non-hydrogen) atoms. The van der Waals surface area contributed by atoms with Crippen LogP contribution >= 0.6 is 0 Å². The first-order valence-electron chi connectivity index (χ1n) is 13.6. The first-order valence-corrected chi connectivity index (χ1v) is 13.6. The first-order chi connectivity index (χ1) is 19.6. The molecule has 0 saturated carbocycles. The predicted molar refractivity (Wildman–Crippen MR) is 157 cm³/mol. The van der Waals surface area contributed by atoms with Gasteiger partial charge in [0.25, 0.3) is 0 Å². The summed E-state index contributed by atoms with van der Waals surface area (Å²) in [6, 6.07) is 21.7. The number of rotatable bonds is 7. The average molecular weight is 557 g/mol. The minimum absolute atomic E-state index is 0.0167. The zero-order valence-corrected chi connectivity index (χ0v) is 23.9. The summed E-state index contributed by atoms with van der Waals surface area (Å²) in [5.41, 5.74) is 2.72. The SMILES string of the molecule is Cc1cc(OC2CCN(C(=O)OC(C)(C)C)CC2)ccc1NC(=O)Nc1cc(C#N)ccc1OCc1ccccc1. The third-order valence-electron chi connectivity index (χ3n) is 6.44. The van der Waals surface area contributed by atoms with Crippen molar-refractivity contribution in [2.45, 2.75) is 58.8 Å². The minimum atomic E-state index is -0.520. The molecule has 1 heterocycles. The van der Waals surface area contributed by atoms with Gasteiger partial charge in [-0.25, -0.2) is 9.59 Å². The number of aryl methyl sites for hydroxylation is 1. The lowest BCUT2D eigenvalue weighted by Gasteiger charge is -2.33. The molecule has 0 aliphatic carbocycles. The van der Waals surface area contributed by atoms with Crippen LogP contribution in [-0.4, -0.2) is 41.8 Å². The van der Waals surface area contributed by atoms with E-state index >= 15 is 0 Å². The molecule has 1 saturated heterocycles. The summed E-state index contributed by atoms with van der Waals surface area (Å²) in [4.78, 5) is 26.9. The van der Waals surface area contributed by atoms with E-state index in [0.717, 1.165) is 11.1 Å². The molecule has 1 aliphatic rings. The Morgan fingerprint density at radius 2 is 1.68 bits per heavy atom. The maximum absolute atomic E-state index is 12.9. The summed E-state index contributed by atoms with van der Waals surface area (Å²) >= 11 is 0. The van der Waals surface area contributed by atoms with E-state index in [1.54, 1.807) is 29.2 Å². The van der Waals surface area contributed by atoms with Gasteiger partial charge in [0.05, 0.1) is 17.3 Å². The van der Waals surface area contributed by atoms with Crippen molar-refractivity contribution in [3.8, 4) is 17.6 Å². The van der Waals surface area contributed by atoms with Gasteiger partial charge in [-0.05, 0) is 75.2 Å². The Hall–Kier alpha value is -4.71. The number of carbonyl (C=O) groups excluding carboxylic acids is 2. The second-order valence-corrected chi connectivity index (χ2v) is 10.9. The minimum Gasteiger partial charge on any atom is -0.490 e. The Bertz CT molecular complexity index is 1400. The van der Waals surface area contributed by atoms with E-state index in [2.05, 4.69) is 16.7 Å². The van der Waals surface area contributed by atoms with E-state index in [1.165, 1.54) is 0 Å². The number of anilines is 2. The quantitative estimate of drug-likeness (QED) is 0.328. The number of likely N-dealkylation sites (tertiary alicyclic amines) is 1. The van der Waals surface area contributed by atoms with E-state index in [0.29, 0.717) is 61.0 Å². The van der Waals surface area contributed by atoms with Crippen LogP contribution in [-0.2, 0) is 11.3 Å². The average Bonchev–Trinajstić information content (AvgIpc) is 2.94. The molecule has 3 amide bonds. The molecule has 2 N–H and O–H groups in total. The zero-order valence-electron chi connectivity index (χ0n) is 23.9. The number of carbonyl (C=O) groups is 2. The fraction of sp³-hybridized carbons (Fsp3) is 0.344. The summed E-state index contributed by atoms with van der Waals surface area (Å²) in [6.07, 6.45) is 1.10. The molecule has 9 heteroatoms. The Labute approximate surface area is 241 Å². The lowest BCUT2D eigenvalue weighted by Crippen LogP contribution is -2.44. The summed E-state index contributed by atoms with van der Waals surface area (Å²) in [5, 5.41) is 15.0. The highest BCUT2D eigenvalue weighted by atomic mass is 16.6. The number of amides is 3. The van der Waals surface area contributed by atoms with E-state index in [-0.39, 0.29) is 12.2 Å². The van der Waals surface area contributed by atoms with Gasteiger partial charge >= 0.3 is 12.1 Å². The third-order valence-corrected chi connectivity index (χ3v) is 6.44. The van der Waals surface area contributed by atoms with E-state index in [9.17, 15) is 14.9 Å². The van der Waals surface area contributed by atoms with Crippen molar-refractivity contribution in [1.82, 2.24) is 4.90 Å². The maximum Gasteiger partial charge on any atom is 0.410 e. The Kier molecular flexibility index (Phi) is 9.35. The molecular formula is C32H36N4O5. The number of urea groups is 1. The fourth-order valence-electron chi connectivity index (χ4n) is 4.36. The van der Waals surface area contributed by atoms with Gasteiger partial charge in [0.2, 0.25) is 0 Å². The van der Waals surface area contributed by atoms with Crippen LogP contribution in [0, 0.1) is 18.3 Å². The van der Waals surface area contributed by atoms with Crippen LogP contribution in [0.15, 0.2) is 66.7 Å². The standard InChI is InChI=1S/C32H36N4O5/c1-22-18-26(40-25-14-16-36(17-15-25)31(38)41-32(2,3)4)11-12-27(22)34-30(37)35-28-19-24(20-33)10-13-29(28)39-21-23-8-6-5-7-9-23/h5-13,18-19,25H,14-17,21H2,1-4H3,(H2,34,35,37). The number of piperidine rings is 1. The van der Waals surface area contributed by atoms with Crippen molar-refractivity contribution in [3.63, 3.8) is 0 Å². The second-order valence-electron chi connectivity index (χ2n) is 10.9. The molecule has 0 atom stereocenters. The summed E-state index contributed by atoms with van der Waals surface area (Å²) in [7, 11) is 0. The topological polar surface area (TPSA) is 113 Å². The maximum atomic E-state index is 12.9. The molecule has 1 aliphatic heterocycles. The van der Waals surface area contributed by atoms with Crippen LogP contribution in [0.2, 0.25) is 0 Å². The van der Waals surface area contributed by atoms with E-state index in [1.807, 2.05) is 70.2 Å². The third kappa shape index (κ3) is 8.64. The normalized spacial score (nSPS) is 13.6. The molecule has 0 aromatic heterocycles. The van der Waals surface area contributed by atoms with Crippen molar-refractivity contribution in [2.24, 2.45) is 0 Å². The van der Waals surface area contributed by atoms with E-state index < -0.39 is 11.6 Å². The first kappa shape index (κ1) is 29.3. The molecule has 0 bridgehead atoms. The van der Waals surface area contributed by atoms with Gasteiger partial charge in [0.1, 0.15) is 29.8 Å². The van der Waals surface area contributed by atoms with Gasteiger partial charge in [-0.1, -0.05) is 30.3 Å². The molecule has 0 unspecified atom stereocenters. The highest BCUT2D eigenvalue weighted by Gasteiger charge is 2.27. The highest BCUT2D eigenvalue weighted by Crippen LogP contribution is 2.28. The van der Waals surface area contributed by atoms with Crippen LogP contribution < -0.4 is 20.1 Å². The Balaban J connectivity index is 1.32. The van der Waals surface area contributed by atoms with Gasteiger partial charge in [0, 0.05) is 31.6 Å². The molecule has 0 spiro atoms. The number of benzene rings is 3. The Morgan fingerprint density at radius 3 is 2.34 bits per heavy atom. The zero-order chi connectivity index (χ0) is 29.4. The van der Waals surface area contributed by atoms with Crippen molar-refractivity contribution < 1.29 is 23.8 Å². The predicted octanol–water partition coefficient (Wildman–Crippen LogP) is 6.87. The largest absolute Gasteiger partial charge is 0.490 e. The number of ether oxygens (including phenoxy) is 3. The molecule has 3 aromatic rings. The van der Waals surface area contributed by atoms with Gasteiger partial charge in [-0.15, -0.1) is 0 Å². The van der Waals surface area contributed by atoms with Crippen LogP contribution in [0.1, 0.15) is 50.3 Å². The molecule has 214 valence electrons. The fourth-order valence-corrected chi connectivity index (χ4v) is 4.36. The molecule has 3 aromatic carbocycles. The number of nitrogens with one attached hydrogen (secondary N) is 2. The number of hydrogen-bond acceptors (Lipinski definition) is 6. The summed E-state index contributed by atoms with van der Waals surface area (Å²) in [6.45, 7) is 8.93. The van der Waals surface area contributed by atoms with Crippen LogP contribution in [0.25, 0.3) is 0 Å². The molecule has 9 nitrogen and oxygen atoms in total. The van der Waals surface area contributed by atoms with Crippen LogP contribution in [0.3, 0.4) is 0 Å². The molecule has 1 fully saturated rings. The smallest absolute Gasteiger partial charge is 0.410 e. The molecule has 0 radical (unpaired) electrons. The van der Waals surface area contributed by atoms with Crippen molar-refractivity contribution >= 4 is 23.5 Å². The van der Waals surface area contributed by atoms with Gasteiger partial charge in [-0.3, -0.25) is 0 Å². The van der Waals surface area contributed by atoms with Crippen LogP contribution in [0.4, 0.5) is 21.0 Å². The van der Waals surface area contributed by atoms with Gasteiger partial charge < -0.3 is 29.7 Å². The number of nitriles is 1.